The molecule has 1 aliphatic heterocycles. The normalized spacial score (nSPS) is 18.0. The lowest BCUT2D eigenvalue weighted by Gasteiger charge is -2.35. The third kappa shape index (κ3) is 5.86. The van der Waals surface area contributed by atoms with Crippen LogP contribution in [0.1, 0.15) is 67.3 Å². The predicted molar refractivity (Wildman–Crippen MR) is 143 cm³/mol. The van der Waals surface area contributed by atoms with Gasteiger partial charge in [0.1, 0.15) is 18.1 Å². The van der Waals surface area contributed by atoms with Gasteiger partial charge in [-0.15, -0.1) is 0 Å². The quantitative estimate of drug-likeness (QED) is 0.467. The number of ether oxygens (including phenoxy) is 1. The minimum Gasteiger partial charge on any atom is -0.491 e. The van der Waals surface area contributed by atoms with Crippen LogP contribution in [0.2, 0.25) is 0 Å². The molecule has 4 rings (SSSR count). The summed E-state index contributed by atoms with van der Waals surface area (Å²) in [6.07, 6.45) is 3.86. The van der Waals surface area contributed by atoms with Gasteiger partial charge in [0.25, 0.3) is 11.8 Å². The minimum atomic E-state index is -0.154. The van der Waals surface area contributed by atoms with E-state index in [0.717, 1.165) is 43.1 Å². The Morgan fingerprint density at radius 3 is 2.47 bits per heavy atom. The Hall–Kier alpha value is -3.41. The highest BCUT2D eigenvalue weighted by Crippen LogP contribution is 2.24. The van der Waals surface area contributed by atoms with Gasteiger partial charge in [-0.25, -0.2) is 4.98 Å². The van der Waals surface area contributed by atoms with Gasteiger partial charge >= 0.3 is 0 Å². The first-order chi connectivity index (χ1) is 17.5. The second-order valence-electron chi connectivity index (χ2n) is 9.81. The second kappa shape index (κ2) is 12.0. The van der Waals surface area contributed by atoms with Crippen LogP contribution in [-0.2, 0) is 0 Å². The summed E-state index contributed by atoms with van der Waals surface area (Å²) in [5.74, 6) is 0.661. The Morgan fingerprint density at radius 1 is 0.972 bits per heavy atom. The number of fused-ring (bicyclic) bond motifs is 2. The Balaban J connectivity index is 1.65. The van der Waals surface area contributed by atoms with Crippen molar-refractivity contribution in [2.24, 2.45) is 5.92 Å². The van der Waals surface area contributed by atoms with Crippen molar-refractivity contribution in [3.63, 3.8) is 0 Å². The van der Waals surface area contributed by atoms with Crippen LogP contribution in [0.25, 0.3) is 10.9 Å². The van der Waals surface area contributed by atoms with Gasteiger partial charge in [-0.05, 0) is 49.9 Å². The molecule has 2 aromatic carbocycles. The first-order valence-corrected chi connectivity index (χ1v) is 13.2. The molecule has 0 saturated carbocycles. The summed E-state index contributed by atoms with van der Waals surface area (Å²) in [6, 6.07) is 18.9. The molecule has 0 spiro atoms. The molecule has 36 heavy (non-hydrogen) atoms. The molecule has 0 unspecified atom stereocenters. The molecule has 0 saturated heterocycles. The Morgan fingerprint density at radius 2 is 1.69 bits per heavy atom. The van der Waals surface area contributed by atoms with E-state index in [1.807, 2.05) is 77.4 Å². The number of carbonyl (C=O) groups excluding carboxylic acids is 2. The van der Waals surface area contributed by atoms with E-state index in [0.29, 0.717) is 36.7 Å². The van der Waals surface area contributed by atoms with Crippen LogP contribution >= 0.6 is 0 Å². The highest BCUT2D eigenvalue weighted by atomic mass is 16.5. The van der Waals surface area contributed by atoms with Gasteiger partial charge in [-0.2, -0.15) is 0 Å². The largest absolute Gasteiger partial charge is 0.491 e. The third-order valence-electron chi connectivity index (χ3n) is 7.02. The lowest BCUT2D eigenvalue weighted by molar-refractivity contribution is 0.0516. The zero-order chi connectivity index (χ0) is 25.5. The molecule has 190 valence electrons. The number of hydrogen-bond donors (Lipinski definition) is 0. The molecule has 0 bridgehead atoms. The van der Waals surface area contributed by atoms with E-state index < -0.39 is 0 Å². The van der Waals surface area contributed by atoms with Crippen LogP contribution in [0.3, 0.4) is 0 Å². The fraction of sp³-hybridized carbons (Fsp3) is 0.433. The molecule has 1 atom stereocenters. The number of nitrogens with zero attached hydrogens (tertiary/aromatic N) is 3. The smallest absolute Gasteiger partial charge is 0.272 e. The van der Waals surface area contributed by atoms with Crippen LogP contribution in [-0.4, -0.2) is 58.9 Å². The molecule has 6 nitrogen and oxygen atoms in total. The molecule has 1 aromatic heterocycles. The number of para-hydroxylation sites is 2. The molecule has 0 N–H and O–H groups in total. The number of rotatable bonds is 3. The van der Waals surface area contributed by atoms with Gasteiger partial charge in [0.15, 0.2) is 0 Å². The van der Waals surface area contributed by atoms with E-state index in [1.165, 1.54) is 0 Å². The Bertz CT molecular complexity index is 1190. The first-order valence-electron chi connectivity index (χ1n) is 13.2. The Labute approximate surface area is 214 Å². The van der Waals surface area contributed by atoms with E-state index in [4.69, 9.17) is 4.74 Å². The third-order valence-corrected chi connectivity index (χ3v) is 7.02. The minimum absolute atomic E-state index is 0.000414. The molecular weight excluding hydrogens is 450 g/mol. The average molecular weight is 488 g/mol. The number of pyridine rings is 1. The van der Waals surface area contributed by atoms with Gasteiger partial charge < -0.3 is 14.5 Å². The van der Waals surface area contributed by atoms with Crippen molar-refractivity contribution in [1.29, 1.82) is 0 Å². The molecule has 0 fully saturated rings. The summed E-state index contributed by atoms with van der Waals surface area (Å²) in [6.45, 7) is 8.60. The maximum absolute atomic E-state index is 13.8. The van der Waals surface area contributed by atoms with E-state index >= 15 is 0 Å². The summed E-state index contributed by atoms with van der Waals surface area (Å²) < 4.78 is 6.29. The van der Waals surface area contributed by atoms with Crippen molar-refractivity contribution in [3.8, 4) is 5.75 Å². The van der Waals surface area contributed by atoms with E-state index in [9.17, 15) is 9.59 Å². The molecule has 6 heteroatoms. The number of amides is 2. The second-order valence-corrected chi connectivity index (χ2v) is 9.81. The van der Waals surface area contributed by atoms with Crippen molar-refractivity contribution in [2.75, 3.05) is 26.2 Å². The number of hydrogen-bond acceptors (Lipinski definition) is 4. The van der Waals surface area contributed by atoms with Gasteiger partial charge in [0, 0.05) is 25.0 Å². The van der Waals surface area contributed by atoms with Crippen molar-refractivity contribution in [1.82, 2.24) is 14.8 Å². The maximum atomic E-state index is 13.8. The number of benzene rings is 2. The topological polar surface area (TPSA) is 62.7 Å². The molecule has 1 aliphatic rings. The summed E-state index contributed by atoms with van der Waals surface area (Å²) in [7, 11) is 0. The van der Waals surface area contributed by atoms with Crippen molar-refractivity contribution >= 4 is 22.7 Å². The van der Waals surface area contributed by atoms with E-state index in [2.05, 4.69) is 18.8 Å². The van der Waals surface area contributed by atoms with Gasteiger partial charge in [-0.3, -0.25) is 9.59 Å². The fourth-order valence-corrected chi connectivity index (χ4v) is 4.85. The molecule has 2 amide bonds. The summed E-state index contributed by atoms with van der Waals surface area (Å²) in [5, 5.41) is 1.01. The van der Waals surface area contributed by atoms with Crippen LogP contribution in [0, 0.1) is 5.92 Å². The summed E-state index contributed by atoms with van der Waals surface area (Å²) in [5.41, 5.74) is 1.85. The van der Waals surface area contributed by atoms with Gasteiger partial charge in [-0.1, -0.05) is 63.1 Å². The maximum Gasteiger partial charge on any atom is 0.272 e. The lowest BCUT2D eigenvalue weighted by Crippen LogP contribution is -2.47. The van der Waals surface area contributed by atoms with Crippen LogP contribution in [0.15, 0.2) is 60.7 Å². The van der Waals surface area contributed by atoms with Crippen molar-refractivity contribution in [2.45, 2.75) is 52.5 Å². The summed E-state index contributed by atoms with van der Waals surface area (Å²) >= 11 is 0. The molecule has 0 radical (unpaired) electrons. The van der Waals surface area contributed by atoms with Crippen LogP contribution < -0.4 is 4.74 Å². The molecular formula is C30H37N3O3. The zero-order valence-corrected chi connectivity index (χ0v) is 21.7. The number of aromatic nitrogens is 1. The number of carbonyl (C=O) groups is 2. The van der Waals surface area contributed by atoms with E-state index in [-0.39, 0.29) is 23.8 Å². The molecule has 3 aromatic rings. The fourth-order valence-electron chi connectivity index (χ4n) is 4.85. The monoisotopic (exact) mass is 487 g/mol. The molecule has 2 heterocycles. The SMILES string of the molecule is CCN1CCCCCCN(C(=O)c2ccc3ccccc3n2)[C@@H](C(C)C)COc2ccccc2C1=O. The van der Waals surface area contributed by atoms with E-state index in [1.54, 1.807) is 0 Å². The van der Waals surface area contributed by atoms with Crippen LogP contribution in [0.4, 0.5) is 0 Å². The highest BCUT2D eigenvalue weighted by Gasteiger charge is 2.29. The van der Waals surface area contributed by atoms with Gasteiger partial charge in [0.05, 0.1) is 17.1 Å². The van der Waals surface area contributed by atoms with Crippen molar-refractivity contribution < 1.29 is 14.3 Å². The zero-order valence-electron chi connectivity index (χ0n) is 21.7. The average Bonchev–Trinajstić information content (AvgIpc) is 2.90. The summed E-state index contributed by atoms with van der Waals surface area (Å²) in [4.78, 5) is 35.6. The van der Waals surface area contributed by atoms with Crippen molar-refractivity contribution in [3.05, 3.63) is 71.9 Å². The van der Waals surface area contributed by atoms with Crippen LogP contribution in [0.5, 0.6) is 5.75 Å². The first kappa shape index (κ1) is 25.7. The molecule has 0 aliphatic carbocycles. The predicted octanol–water partition coefficient (Wildman–Crippen LogP) is 5.82. The van der Waals surface area contributed by atoms with Gasteiger partial charge in [0.2, 0.25) is 0 Å². The lowest BCUT2D eigenvalue weighted by atomic mass is 10.0. The highest BCUT2D eigenvalue weighted by molar-refractivity contribution is 5.97. The standard InChI is InChI=1S/C30H37N3O3/c1-4-32-19-11-5-6-12-20-33(30(35)26-18-17-23-13-7-9-15-25(23)31-26)27(22(2)3)21-36-28-16-10-8-14-24(28)29(32)34/h7-10,13-18,22,27H,4-6,11-12,19-21H2,1-3H3/t27-/m1/s1. The Kier molecular flexibility index (Phi) is 8.57.